The highest BCUT2D eigenvalue weighted by Crippen LogP contribution is 2.40. The van der Waals surface area contributed by atoms with Crippen molar-refractivity contribution in [2.24, 2.45) is 0 Å². The standard InChI is InChI=1S/C19H26N4O/c1-19(2,3)23-18-21-16(14-8-9-14)11-17(22-18)20-12-13-6-5-7-15(10-13)24-4/h5-7,10-11,14H,8-9,12H2,1-4H3,(H2,20,21,22,23). The van der Waals surface area contributed by atoms with Crippen LogP contribution >= 0.6 is 0 Å². The summed E-state index contributed by atoms with van der Waals surface area (Å²) in [4.78, 5) is 9.30. The first kappa shape index (κ1) is 16.6. The summed E-state index contributed by atoms with van der Waals surface area (Å²) < 4.78 is 5.28. The van der Waals surface area contributed by atoms with E-state index in [9.17, 15) is 0 Å². The van der Waals surface area contributed by atoms with Crippen LogP contribution in [0.3, 0.4) is 0 Å². The first-order chi connectivity index (χ1) is 11.4. The van der Waals surface area contributed by atoms with Gasteiger partial charge in [0.1, 0.15) is 11.6 Å². The normalized spacial score (nSPS) is 14.3. The number of hydrogen-bond donors (Lipinski definition) is 2. The van der Waals surface area contributed by atoms with Crippen molar-refractivity contribution in [1.29, 1.82) is 0 Å². The monoisotopic (exact) mass is 326 g/mol. The minimum Gasteiger partial charge on any atom is -0.497 e. The number of nitrogens with zero attached hydrogens (tertiary/aromatic N) is 2. The van der Waals surface area contributed by atoms with Gasteiger partial charge in [0.05, 0.1) is 12.8 Å². The second-order valence-corrected chi connectivity index (χ2v) is 7.36. The van der Waals surface area contributed by atoms with Crippen molar-refractivity contribution < 1.29 is 4.74 Å². The number of anilines is 2. The molecule has 0 bridgehead atoms. The number of rotatable bonds is 6. The molecule has 1 heterocycles. The zero-order valence-corrected chi connectivity index (χ0v) is 14.9. The lowest BCUT2D eigenvalue weighted by Gasteiger charge is -2.21. The fraction of sp³-hybridized carbons (Fsp3) is 0.474. The van der Waals surface area contributed by atoms with Crippen LogP contribution in [0.2, 0.25) is 0 Å². The van der Waals surface area contributed by atoms with Gasteiger partial charge in [-0.1, -0.05) is 12.1 Å². The second-order valence-electron chi connectivity index (χ2n) is 7.36. The van der Waals surface area contributed by atoms with Gasteiger partial charge >= 0.3 is 0 Å². The Labute approximate surface area is 143 Å². The molecule has 0 saturated heterocycles. The summed E-state index contributed by atoms with van der Waals surface area (Å²) in [6.45, 7) is 7.05. The van der Waals surface area contributed by atoms with E-state index in [1.165, 1.54) is 12.8 Å². The summed E-state index contributed by atoms with van der Waals surface area (Å²) in [5.74, 6) is 3.01. The van der Waals surface area contributed by atoms with Crippen molar-refractivity contribution in [1.82, 2.24) is 9.97 Å². The predicted molar refractivity (Wildman–Crippen MR) is 97.7 cm³/mol. The van der Waals surface area contributed by atoms with Crippen LogP contribution < -0.4 is 15.4 Å². The molecule has 24 heavy (non-hydrogen) atoms. The molecule has 1 aliphatic rings. The highest BCUT2D eigenvalue weighted by Gasteiger charge is 2.26. The van der Waals surface area contributed by atoms with Crippen LogP contribution in [0.15, 0.2) is 30.3 Å². The maximum atomic E-state index is 5.28. The van der Waals surface area contributed by atoms with Crippen LogP contribution in [0.5, 0.6) is 5.75 Å². The van der Waals surface area contributed by atoms with E-state index in [1.807, 2.05) is 18.2 Å². The molecule has 5 nitrogen and oxygen atoms in total. The Morgan fingerprint density at radius 3 is 2.62 bits per heavy atom. The fourth-order valence-corrected chi connectivity index (χ4v) is 2.51. The molecule has 3 rings (SSSR count). The quantitative estimate of drug-likeness (QED) is 0.834. The van der Waals surface area contributed by atoms with E-state index in [0.717, 1.165) is 22.8 Å². The molecule has 128 valence electrons. The topological polar surface area (TPSA) is 59.1 Å². The molecular formula is C19H26N4O. The van der Waals surface area contributed by atoms with E-state index in [0.29, 0.717) is 18.4 Å². The van der Waals surface area contributed by atoms with Gasteiger partial charge in [-0.25, -0.2) is 4.98 Å². The molecule has 5 heteroatoms. The average Bonchev–Trinajstić information content (AvgIpc) is 3.36. The van der Waals surface area contributed by atoms with E-state index in [-0.39, 0.29) is 5.54 Å². The molecule has 1 fully saturated rings. The summed E-state index contributed by atoms with van der Waals surface area (Å²) in [6.07, 6.45) is 2.45. The molecule has 1 aliphatic carbocycles. The van der Waals surface area contributed by atoms with Crippen LogP contribution in [0.4, 0.5) is 11.8 Å². The number of aromatic nitrogens is 2. The highest BCUT2D eigenvalue weighted by atomic mass is 16.5. The lowest BCUT2D eigenvalue weighted by atomic mass is 10.1. The first-order valence-electron chi connectivity index (χ1n) is 8.47. The molecule has 0 radical (unpaired) electrons. The Morgan fingerprint density at radius 1 is 1.17 bits per heavy atom. The van der Waals surface area contributed by atoms with Gasteiger partial charge in [-0.15, -0.1) is 0 Å². The Morgan fingerprint density at radius 2 is 1.96 bits per heavy atom. The van der Waals surface area contributed by atoms with Gasteiger partial charge < -0.3 is 15.4 Å². The van der Waals surface area contributed by atoms with E-state index in [2.05, 4.69) is 53.5 Å². The summed E-state index contributed by atoms with van der Waals surface area (Å²) >= 11 is 0. The van der Waals surface area contributed by atoms with Gasteiger partial charge in [-0.2, -0.15) is 4.98 Å². The van der Waals surface area contributed by atoms with Crippen LogP contribution in [0, 0.1) is 0 Å². The van der Waals surface area contributed by atoms with Crippen LogP contribution in [-0.4, -0.2) is 22.6 Å². The third-order valence-corrected chi connectivity index (χ3v) is 3.84. The van der Waals surface area contributed by atoms with Gasteiger partial charge in [0.2, 0.25) is 5.95 Å². The molecule has 0 spiro atoms. The van der Waals surface area contributed by atoms with Gasteiger partial charge in [0, 0.05) is 24.1 Å². The Balaban J connectivity index is 1.76. The van der Waals surface area contributed by atoms with Crippen LogP contribution in [0.1, 0.15) is 50.8 Å². The highest BCUT2D eigenvalue weighted by molar-refractivity contribution is 5.45. The number of hydrogen-bond acceptors (Lipinski definition) is 5. The van der Waals surface area contributed by atoms with Gasteiger partial charge in [0.25, 0.3) is 0 Å². The lowest BCUT2D eigenvalue weighted by molar-refractivity contribution is 0.414. The SMILES string of the molecule is COc1cccc(CNc2cc(C3CC3)nc(NC(C)(C)C)n2)c1. The summed E-state index contributed by atoms with van der Waals surface area (Å²) in [6, 6.07) is 10.1. The van der Waals surface area contributed by atoms with Crippen molar-refractivity contribution in [2.75, 3.05) is 17.7 Å². The van der Waals surface area contributed by atoms with Gasteiger partial charge in [0.15, 0.2) is 0 Å². The zero-order chi connectivity index (χ0) is 17.2. The predicted octanol–water partition coefficient (Wildman–Crippen LogP) is 4.19. The molecule has 0 unspecified atom stereocenters. The molecule has 0 atom stereocenters. The van der Waals surface area contributed by atoms with Gasteiger partial charge in [-0.05, 0) is 51.3 Å². The number of nitrogens with one attached hydrogen (secondary N) is 2. The van der Waals surface area contributed by atoms with Crippen molar-refractivity contribution in [3.63, 3.8) is 0 Å². The summed E-state index contributed by atoms with van der Waals surface area (Å²) in [5, 5.41) is 6.79. The summed E-state index contributed by atoms with van der Waals surface area (Å²) in [7, 11) is 1.68. The maximum absolute atomic E-state index is 5.28. The molecule has 2 N–H and O–H groups in total. The Bertz CT molecular complexity index is 705. The van der Waals surface area contributed by atoms with E-state index >= 15 is 0 Å². The van der Waals surface area contributed by atoms with Crippen LogP contribution in [0.25, 0.3) is 0 Å². The van der Waals surface area contributed by atoms with E-state index in [1.54, 1.807) is 7.11 Å². The third-order valence-electron chi connectivity index (χ3n) is 3.84. The number of ether oxygens (including phenoxy) is 1. The molecule has 1 saturated carbocycles. The fourth-order valence-electron chi connectivity index (χ4n) is 2.51. The lowest BCUT2D eigenvalue weighted by Crippen LogP contribution is -2.27. The molecule has 2 aromatic rings. The number of methoxy groups -OCH3 is 1. The molecule has 1 aromatic heterocycles. The van der Waals surface area contributed by atoms with E-state index in [4.69, 9.17) is 4.74 Å². The van der Waals surface area contributed by atoms with Gasteiger partial charge in [-0.3, -0.25) is 0 Å². The smallest absolute Gasteiger partial charge is 0.225 e. The minimum absolute atomic E-state index is 0.0633. The molecular weight excluding hydrogens is 300 g/mol. The first-order valence-corrected chi connectivity index (χ1v) is 8.47. The number of benzene rings is 1. The average molecular weight is 326 g/mol. The van der Waals surface area contributed by atoms with Crippen LogP contribution in [-0.2, 0) is 6.54 Å². The molecule has 1 aromatic carbocycles. The zero-order valence-electron chi connectivity index (χ0n) is 14.9. The largest absolute Gasteiger partial charge is 0.497 e. The van der Waals surface area contributed by atoms with E-state index < -0.39 is 0 Å². The van der Waals surface area contributed by atoms with Crippen molar-refractivity contribution in [2.45, 2.75) is 51.6 Å². The van der Waals surface area contributed by atoms with Crippen molar-refractivity contribution in [3.8, 4) is 5.75 Å². The third kappa shape index (κ3) is 4.60. The molecule has 0 amide bonds. The minimum atomic E-state index is -0.0633. The van der Waals surface area contributed by atoms with Crippen molar-refractivity contribution >= 4 is 11.8 Å². The molecule has 0 aliphatic heterocycles. The maximum Gasteiger partial charge on any atom is 0.225 e. The van der Waals surface area contributed by atoms with Crippen molar-refractivity contribution in [3.05, 3.63) is 41.6 Å². The second kappa shape index (κ2) is 6.67. The Kier molecular flexibility index (Phi) is 4.60. The summed E-state index contributed by atoms with van der Waals surface area (Å²) in [5.41, 5.74) is 2.22. The Hall–Kier alpha value is -2.30.